The zero-order chi connectivity index (χ0) is 20.2. The molecule has 2 aromatic heterocycles. The summed E-state index contributed by atoms with van der Waals surface area (Å²) < 4.78 is 20.1. The van der Waals surface area contributed by atoms with Crippen LogP contribution >= 0.6 is 0 Å². The van der Waals surface area contributed by atoms with Gasteiger partial charge in [0.1, 0.15) is 11.5 Å². The van der Waals surface area contributed by atoms with Crippen molar-refractivity contribution in [2.45, 2.75) is 25.8 Å². The van der Waals surface area contributed by atoms with Gasteiger partial charge in [-0.3, -0.25) is 9.59 Å². The number of carbonyl (C=O) groups excluding carboxylic acids is 1. The molecule has 1 aliphatic heterocycles. The van der Waals surface area contributed by atoms with E-state index in [2.05, 4.69) is 5.10 Å². The van der Waals surface area contributed by atoms with Crippen LogP contribution in [0, 0.1) is 11.7 Å². The molecule has 3 heterocycles. The van der Waals surface area contributed by atoms with E-state index < -0.39 is 0 Å². The maximum atomic E-state index is 13.3. The molecule has 0 unspecified atom stereocenters. The molecule has 0 radical (unpaired) electrons. The van der Waals surface area contributed by atoms with Crippen LogP contribution in [0.1, 0.15) is 18.4 Å². The first-order chi connectivity index (χ1) is 14.1. The van der Waals surface area contributed by atoms with Crippen molar-refractivity contribution >= 4 is 5.91 Å². The Hall–Kier alpha value is -3.22. The van der Waals surface area contributed by atoms with E-state index in [1.54, 1.807) is 36.6 Å². The van der Waals surface area contributed by atoms with Crippen LogP contribution in [-0.4, -0.2) is 33.7 Å². The quantitative estimate of drug-likeness (QED) is 0.666. The van der Waals surface area contributed by atoms with Crippen molar-refractivity contribution in [3.8, 4) is 11.5 Å². The molecular formula is C22H22FN3O3. The predicted molar refractivity (Wildman–Crippen MR) is 106 cm³/mol. The summed E-state index contributed by atoms with van der Waals surface area (Å²) in [6.45, 7) is 1.77. The highest BCUT2D eigenvalue weighted by molar-refractivity contribution is 5.78. The summed E-state index contributed by atoms with van der Waals surface area (Å²) in [7, 11) is 0. The van der Waals surface area contributed by atoms with E-state index in [-0.39, 0.29) is 29.6 Å². The van der Waals surface area contributed by atoms with Crippen LogP contribution in [0.3, 0.4) is 0 Å². The van der Waals surface area contributed by atoms with E-state index in [0.717, 1.165) is 12.8 Å². The van der Waals surface area contributed by atoms with Gasteiger partial charge >= 0.3 is 0 Å². The molecular weight excluding hydrogens is 373 g/mol. The van der Waals surface area contributed by atoms with E-state index in [1.807, 2.05) is 4.90 Å². The van der Waals surface area contributed by atoms with Crippen LogP contribution in [0.25, 0.3) is 11.5 Å². The fraction of sp³-hybridized carbons (Fsp3) is 0.318. The van der Waals surface area contributed by atoms with Gasteiger partial charge in [0.05, 0.1) is 12.7 Å². The van der Waals surface area contributed by atoms with Crippen molar-refractivity contribution in [2.24, 2.45) is 5.92 Å². The van der Waals surface area contributed by atoms with Crippen molar-refractivity contribution in [1.29, 1.82) is 0 Å². The highest BCUT2D eigenvalue weighted by Crippen LogP contribution is 2.20. The third kappa shape index (κ3) is 4.62. The zero-order valence-corrected chi connectivity index (χ0v) is 16.0. The smallest absolute Gasteiger partial charge is 0.266 e. The van der Waals surface area contributed by atoms with Crippen molar-refractivity contribution in [3.05, 3.63) is 76.5 Å². The summed E-state index contributed by atoms with van der Waals surface area (Å²) in [4.78, 5) is 26.5. The maximum absolute atomic E-state index is 13.3. The second-order valence-corrected chi connectivity index (χ2v) is 7.35. The predicted octanol–water partition coefficient (Wildman–Crippen LogP) is 3.12. The van der Waals surface area contributed by atoms with Crippen molar-refractivity contribution in [2.75, 3.05) is 13.1 Å². The molecule has 1 saturated heterocycles. The van der Waals surface area contributed by atoms with E-state index >= 15 is 0 Å². The zero-order valence-electron chi connectivity index (χ0n) is 16.0. The molecule has 1 fully saturated rings. The number of nitrogens with zero attached hydrogens (tertiary/aromatic N) is 3. The Morgan fingerprint density at radius 3 is 2.69 bits per heavy atom. The summed E-state index contributed by atoms with van der Waals surface area (Å²) in [5.41, 5.74) is 1.16. The fourth-order valence-electron chi connectivity index (χ4n) is 3.68. The SMILES string of the molecule is O=C(Cc1cccc(F)c1)N1CCC(Cn2nc(-c3ccco3)ccc2=O)CC1. The van der Waals surface area contributed by atoms with Crippen LogP contribution in [-0.2, 0) is 17.8 Å². The molecule has 0 spiro atoms. The van der Waals surface area contributed by atoms with Gasteiger partial charge in [0.25, 0.3) is 5.56 Å². The molecule has 29 heavy (non-hydrogen) atoms. The Morgan fingerprint density at radius 2 is 1.97 bits per heavy atom. The van der Waals surface area contributed by atoms with Crippen molar-refractivity contribution in [1.82, 2.24) is 14.7 Å². The lowest BCUT2D eigenvalue weighted by Crippen LogP contribution is -2.41. The Bertz CT molecular complexity index is 1040. The summed E-state index contributed by atoms with van der Waals surface area (Å²) in [6, 6.07) is 12.9. The van der Waals surface area contributed by atoms with Crippen molar-refractivity contribution in [3.63, 3.8) is 0 Å². The maximum Gasteiger partial charge on any atom is 0.266 e. The number of aromatic nitrogens is 2. The molecule has 1 aromatic carbocycles. The standard InChI is InChI=1S/C22H22FN3O3/c23-18-4-1-3-17(13-18)14-22(28)25-10-8-16(9-11-25)15-26-21(27)7-6-19(24-26)20-5-2-12-29-20/h1-7,12-13,16H,8-11,14-15H2. The van der Waals surface area contributed by atoms with Crippen LogP contribution in [0.2, 0.25) is 0 Å². The number of furan rings is 1. The Labute approximate surface area is 167 Å². The van der Waals surface area contributed by atoms with Gasteiger partial charge in [-0.2, -0.15) is 5.10 Å². The van der Waals surface area contributed by atoms with E-state index in [9.17, 15) is 14.0 Å². The molecule has 1 amide bonds. The third-order valence-electron chi connectivity index (χ3n) is 5.28. The first-order valence-electron chi connectivity index (χ1n) is 9.73. The van der Waals surface area contributed by atoms with Gasteiger partial charge in [-0.25, -0.2) is 9.07 Å². The lowest BCUT2D eigenvalue weighted by Gasteiger charge is -2.32. The Kier molecular flexibility index (Phi) is 5.55. The van der Waals surface area contributed by atoms with E-state index in [1.165, 1.54) is 22.9 Å². The van der Waals surface area contributed by atoms with Gasteiger partial charge < -0.3 is 9.32 Å². The number of piperidine rings is 1. The van der Waals surface area contributed by atoms with Gasteiger partial charge in [0.2, 0.25) is 5.91 Å². The molecule has 6 nitrogen and oxygen atoms in total. The molecule has 7 heteroatoms. The monoisotopic (exact) mass is 395 g/mol. The van der Waals surface area contributed by atoms with Crippen LogP contribution in [0.4, 0.5) is 4.39 Å². The van der Waals surface area contributed by atoms with E-state index in [4.69, 9.17) is 4.42 Å². The van der Waals surface area contributed by atoms with Gasteiger partial charge in [-0.1, -0.05) is 12.1 Å². The molecule has 0 N–H and O–H groups in total. The van der Waals surface area contributed by atoms with Gasteiger partial charge in [-0.05, 0) is 54.7 Å². The molecule has 0 aliphatic carbocycles. The Morgan fingerprint density at radius 1 is 1.14 bits per heavy atom. The van der Waals surface area contributed by atoms with Gasteiger partial charge in [0, 0.05) is 25.7 Å². The summed E-state index contributed by atoms with van der Waals surface area (Å²) in [5.74, 6) is 0.565. The van der Waals surface area contributed by atoms with Gasteiger partial charge in [-0.15, -0.1) is 0 Å². The number of rotatable bonds is 5. The van der Waals surface area contributed by atoms with E-state index in [0.29, 0.717) is 36.7 Å². The largest absolute Gasteiger partial charge is 0.463 e. The summed E-state index contributed by atoms with van der Waals surface area (Å²) in [6.07, 6.45) is 3.37. The highest BCUT2D eigenvalue weighted by Gasteiger charge is 2.24. The normalized spacial score (nSPS) is 14.9. The number of likely N-dealkylation sites (tertiary alicyclic amines) is 1. The topological polar surface area (TPSA) is 68.3 Å². The van der Waals surface area contributed by atoms with Crippen LogP contribution < -0.4 is 5.56 Å². The average molecular weight is 395 g/mol. The number of hydrogen-bond donors (Lipinski definition) is 0. The number of carbonyl (C=O) groups is 1. The number of halogens is 1. The first kappa shape index (κ1) is 19.1. The third-order valence-corrected chi connectivity index (χ3v) is 5.28. The second-order valence-electron chi connectivity index (χ2n) is 7.35. The minimum Gasteiger partial charge on any atom is -0.463 e. The fourth-order valence-corrected chi connectivity index (χ4v) is 3.68. The minimum atomic E-state index is -0.330. The summed E-state index contributed by atoms with van der Waals surface area (Å²) >= 11 is 0. The van der Waals surface area contributed by atoms with Crippen LogP contribution in [0.15, 0.2) is 64.0 Å². The lowest BCUT2D eigenvalue weighted by molar-refractivity contribution is -0.131. The lowest BCUT2D eigenvalue weighted by atomic mass is 9.96. The number of amides is 1. The highest BCUT2D eigenvalue weighted by atomic mass is 19.1. The molecule has 0 atom stereocenters. The van der Waals surface area contributed by atoms with Crippen molar-refractivity contribution < 1.29 is 13.6 Å². The first-order valence-corrected chi connectivity index (χ1v) is 9.73. The number of hydrogen-bond acceptors (Lipinski definition) is 4. The van der Waals surface area contributed by atoms with Gasteiger partial charge in [0.15, 0.2) is 5.76 Å². The average Bonchev–Trinajstić information content (AvgIpc) is 3.25. The van der Waals surface area contributed by atoms with Crippen LogP contribution in [0.5, 0.6) is 0 Å². The molecule has 0 bridgehead atoms. The number of benzene rings is 1. The molecule has 0 saturated carbocycles. The second kappa shape index (κ2) is 8.43. The Balaban J connectivity index is 1.35. The molecule has 1 aliphatic rings. The summed E-state index contributed by atoms with van der Waals surface area (Å²) in [5, 5.41) is 4.42. The minimum absolute atomic E-state index is 0.00385. The molecule has 150 valence electrons. The molecule has 3 aromatic rings. The molecule has 4 rings (SSSR count).